The van der Waals surface area contributed by atoms with Crippen LogP contribution in [0.2, 0.25) is 5.02 Å². The van der Waals surface area contributed by atoms with Gasteiger partial charge in [-0.15, -0.1) is 0 Å². The minimum absolute atomic E-state index is 0.312. The fraction of sp³-hybridized carbons (Fsp3) is 0.345. The summed E-state index contributed by atoms with van der Waals surface area (Å²) in [4.78, 5) is 24.6. The van der Waals surface area contributed by atoms with Crippen molar-refractivity contribution in [3.05, 3.63) is 88.2 Å². The van der Waals surface area contributed by atoms with Gasteiger partial charge in [0.2, 0.25) is 0 Å². The standard InChI is InChI=1S/C29H30ClF2N7O/c1-36-11-13-37(14-12-36)18-19-4-6-21(23(30)15-19)29(40)34-25-17-33-39-10-8-27(35-28(25)39)38-9-2-3-26(38)22-16-20(31)5-7-24(22)32/h4-8,10,15-17,26H,2-3,9,11-14,18H2,1H3,(H,34,40). The third kappa shape index (κ3) is 5.39. The third-order valence-corrected chi connectivity index (χ3v) is 8.06. The summed E-state index contributed by atoms with van der Waals surface area (Å²) < 4.78 is 30.1. The Bertz CT molecular complexity index is 1550. The van der Waals surface area contributed by atoms with Gasteiger partial charge in [-0.25, -0.2) is 18.3 Å². The van der Waals surface area contributed by atoms with E-state index in [1.54, 1.807) is 22.8 Å². The molecule has 0 radical (unpaired) electrons. The summed E-state index contributed by atoms with van der Waals surface area (Å²) in [5, 5.41) is 7.58. The highest BCUT2D eigenvalue weighted by molar-refractivity contribution is 6.34. The van der Waals surface area contributed by atoms with Gasteiger partial charge in [0.05, 0.1) is 22.8 Å². The monoisotopic (exact) mass is 565 g/mol. The molecule has 0 aliphatic carbocycles. The zero-order valence-corrected chi connectivity index (χ0v) is 22.9. The van der Waals surface area contributed by atoms with Crippen molar-refractivity contribution in [1.82, 2.24) is 24.4 Å². The molecule has 8 nitrogen and oxygen atoms in total. The highest BCUT2D eigenvalue weighted by Gasteiger charge is 2.30. The molecule has 1 unspecified atom stereocenters. The van der Waals surface area contributed by atoms with Gasteiger partial charge >= 0.3 is 0 Å². The number of benzene rings is 2. The van der Waals surface area contributed by atoms with Crippen molar-refractivity contribution >= 4 is 34.7 Å². The molecule has 4 aromatic rings. The number of halogens is 3. The lowest BCUT2D eigenvalue weighted by molar-refractivity contribution is 0.102. The van der Waals surface area contributed by atoms with Gasteiger partial charge in [0.1, 0.15) is 23.1 Å². The van der Waals surface area contributed by atoms with Gasteiger partial charge < -0.3 is 15.1 Å². The summed E-state index contributed by atoms with van der Waals surface area (Å²) in [6, 6.07) is 10.5. The van der Waals surface area contributed by atoms with E-state index >= 15 is 0 Å². The molecule has 0 bridgehead atoms. The number of aromatic nitrogens is 3. The van der Waals surface area contributed by atoms with Crippen molar-refractivity contribution in [2.45, 2.75) is 25.4 Å². The summed E-state index contributed by atoms with van der Waals surface area (Å²) in [6.07, 6.45) is 4.77. The van der Waals surface area contributed by atoms with Crippen molar-refractivity contribution in [1.29, 1.82) is 0 Å². The predicted molar refractivity (Wildman–Crippen MR) is 151 cm³/mol. The highest BCUT2D eigenvalue weighted by atomic mass is 35.5. The van der Waals surface area contributed by atoms with Gasteiger partial charge in [-0.1, -0.05) is 17.7 Å². The number of anilines is 2. The van der Waals surface area contributed by atoms with Crippen LogP contribution in [0.3, 0.4) is 0 Å². The molecule has 0 spiro atoms. The molecule has 40 heavy (non-hydrogen) atoms. The first kappa shape index (κ1) is 26.6. The summed E-state index contributed by atoms with van der Waals surface area (Å²) in [5.74, 6) is -0.679. The molecule has 2 aliphatic rings. The van der Waals surface area contributed by atoms with Crippen LogP contribution in [0.25, 0.3) is 5.65 Å². The van der Waals surface area contributed by atoms with Crippen molar-refractivity contribution in [2.24, 2.45) is 0 Å². The molecule has 2 aromatic carbocycles. The van der Waals surface area contributed by atoms with E-state index in [-0.39, 0.29) is 11.9 Å². The van der Waals surface area contributed by atoms with Crippen LogP contribution in [0.1, 0.15) is 40.4 Å². The Hall–Kier alpha value is -3.60. The largest absolute Gasteiger partial charge is 0.349 e. The van der Waals surface area contributed by atoms with Crippen LogP contribution in [0, 0.1) is 11.6 Å². The molecule has 6 rings (SSSR count). The van der Waals surface area contributed by atoms with Gasteiger partial charge in [-0.05, 0) is 61.9 Å². The van der Waals surface area contributed by atoms with E-state index in [2.05, 4.69) is 27.3 Å². The smallest absolute Gasteiger partial charge is 0.257 e. The lowest BCUT2D eigenvalue weighted by atomic mass is 10.0. The first-order chi connectivity index (χ1) is 19.4. The van der Waals surface area contributed by atoms with Gasteiger partial charge in [-0.3, -0.25) is 9.69 Å². The number of piperazine rings is 1. The first-order valence-electron chi connectivity index (χ1n) is 13.4. The van der Waals surface area contributed by atoms with Crippen LogP contribution in [-0.4, -0.2) is 70.1 Å². The fourth-order valence-corrected chi connectivity index (χ4v) is 5.83. The maximum absolute atomic E-state index is 14.6. The quantitative estimate of drug-likeness (QED) is 0.355. The summed E-state index contributed by atoms with van der Waals surface area (Å²) >= 11 is 6.54. The van der Waals surface area contributed by atoms with E-state index in [4.69, 9.17) is 16.6 Å². The Balaban J connectivity index is 1.20. The number of nitrogens with zero attached hydrogens (tertiary/aromatic N) is 6. The molecule has 11 heteroatoms. The number of hydrogen-bond donors (Lipinski definition) is 1. The van der Waals surface area contributed by atoms with E-state index in [0.29, 0.717) is 46.3 Å². The van der Waals surface area contributed by atoms with E-state index in [0.717, 1.165) is 56.8 Å². The number of carbonyl (C=O) groups excluding carboxylic acids is 1. The van der Waals surface area contributed by atoms with E-state index in [1.165, 1.54) is 12.3 Å². The number of amides is 1. The Kier molecular flexibility index (Phi) is 7.39. The number of fused-ring (bicyclic) bond motifs is 1. The van der Waals surface area contributed by atoms with Crippen LogP contribution in [0.5, 0.6) is 0 Å². The summed E-state index contributed by atoms with van der Waals surface area (Å²) in [7, 11) is 2.12. The average molecular weight is 566 g/mol. The van der Waals surface area contributed by atoms with Gasteiger partial charge in [0, 0.05) is 51.0 Å². The molecule has 2 fully saturated rings. The number of likely N-dealkylation sites (N-methyl/N-ethyl adjacent to an activating group) is 1. The summed E-state index contributed by atoms with van der Waals surface area (Å²) in [6.45, 7) is 5.49. The van der Waals surface area contributed by atoms with Crippen LogP contribution < -0.4 is 10.2 Å². The Morgan fingerprint density at radius 3 is 2.70 bits per heavy atom. The van der Waals surface area contributed by atoms with Crippen molar-refractivity contribution in [3.63, 3.8) is 0 Å². The van der Waals surface area contributed by atoms with E-state index in [1.807, 2.05) is 17.0 Å². The molecule has 1 atom stereocenters. The lowest BCUT2D eigenvalue weighted by Gasteiger charge is -2.32. The average Bonchev–Trinajstić information content (AvgIpc) is 3.58. The maximum atomic E-state index is 14.6. The van der Waals surface area contributed by atoms with Gasteiger partial charge in [0.15, 0.2) is 5.65 Å². The highest BCUT2D eigenvalue weighted by Crippen LogP contribution is 2.37. The number of nitrogens with one attached hydrogen (secondary N) is 1. The molecule has 208 valence electrons. The molecule has 1 amide bonds. The van der Waals surface area contributed by atoms with Crippen LogP contribution in [0.4, 0.5) is 20.3 Å². The van der Waals surface area contributed by atoms with Gasteiger partial charge in [-0.2, -0.15) is 5.10 Å². The second-order valence-electron chi connectivity index (χ2n) is 10.5. The zero-order valence-electron chi connectivity index (χ0n) is 22.2. The molecule has 1 N–H and O–H groups in total. The molecule has 0 saturated carbocycles. The number of carbonyl (C=O) groups is 1. The second-order valence-corrected chi connectivity index (χ2v) is 10.9. The molecule has 2 aliphatic heterocycles. The van der Waals surface area contributed by atoms with E-state index in [9.17, 15) is 13.6 Å². The predicted octanol–water partition coefficient (Wildman–Crippen LogP) is 5.00. The first-order valence-corrected chi connectivity index (χ1v) is 13.8. The molecule has 2 aromatic heterocycles. The SMILES string of the molecule is CN1CCN(Cc2ccc(C(=O)Nc3cnn4ccc(N5CCCC5c5cc(F)ccc5F)nc34)c(Cl)c2)CC1. The maximum Gasteiger partial charge on any atom is 0.257 e. The number of hydrogen-bond acceptors (Lipinski definition) is 6. The molecular formula is C29H30ClF2N7O. The number of rotatable bonds is 6. The third-order valence-electron chi connectivity index (χ3n) is 7.75. The summed E-state index contributed by atoms with van der Waals surface area (Å²) in [5.41, 5.74) is 2.60. The van der Waals surface area contributed by atoms with E-state index < -0.39 is 11.6 Å². The topological polar surface area (TPSA) is 69.0 Å². The Morgan fingerprint density at radius 2 is 1.90 bits per heavy atom. The van der Waals surface area contributed by atoms with Crippen LogP contribution in [-0.2, 0) is 6.54 Å². The van der Waals surface area contributed by atoms with Crippen molar-refractivity contribution in [2.75, 3.05) is 50.0 Å². The molecular weight excluding hydrogens is 536 g/mol. The minimum Gasteiger partial charge on any atom is -0.349 e. The van der Waals surface area contributed by atoms with Crippen molar-refractivity contribution < 1.29 is 13.6 Å². The second kappa shape index (κ2) is 11.1. The zero-order chi connectivity index (χ0) is 27.8. The lowest BCUT2D eigenvalue weighted by Crippen LogP contribution is -2.43. The molecule has 4 heterocycles. The Morgan fingerprint density at radius 1 is 1.07 bits per heavy atom. The normalized spacial score (nSPS) is 18.5. The van der Waals surface area contributed by atoms with Crippen LogP contribution >= 0.6 is 11.6 Å². The van der Waals surface area contributed by atoms with Crippen molar-refractivity contribution in [3.8, 4) is 0 Å². The molecule has 2 saturated heterocycles. The fourth-order valence-electron chi connectivity index (χ4n) is 5.54. The minimum atomic E-state index is -0.474. The Labute approximate surface area is 236 Å². The van der Waals surface area contributed by atoms with Crippen LogP contribution in [0.15, 0.2) is 54.9 Å². The van der Waals surface area contributed by atoms with Gasteiger partial charge in [0.25, 0.3) is 5.91 Å².